The van der Waals surface area contributed by atoms with E-state index < -0.39 is 29.9 Å². The minimum atomic E-state index is -1.40. The molecule has 0 aromatic heterocycles. The van der Waals surface area contributed by atoms with Crippen LogP contribution in [0.2, 0.25) is 0 Å². The van der Waals surface area contributed by atoms with Gasteiger partial charge in [0.05, 0.1) is 12.6 Å². The predicted octanol–water partition coefficient (Wildman–Crippen LogP) is 1.82. The van der Waals surface area contributed by atoms with Crippen LogP contribution in [0.15, 0.2) is 59.9 Å². The van der Waals surface area contributed by atoms with Crippen molar-refractivity contribution in [2.45, 2.75) is 51.7 Å². The molecule has 0 radical (unpaired) electrons. The third kappa shape index (κ3) is 6.43. The van der Waals surface area contributed by atoms with E-state index in [4.69, 9.17) is 5.73 Å². The monoisotopic (exact) mass is 541 g/mol. The first-order valence-electron chi connectivity index (χ1n) is 13.0. The maximum atomic E-state index is 13.5. The van der Waals surface area contributed by atoms with Crippen LogP contribution in [0.1, 0.15) is 37.3 Å². The number of nitrogens with zero attached hydrogens (tertiary/aromatic N) is 3. The Balaban J connectivity index is 1.51. The maximum absolute atomic E-state index is 13.5. The van der Waals surface area contributed by atoms with E-state index in [1.54, 1.807) is 24.0 Å². The minimum absolute atomic E-state index is 0.0476. The van der Waals surface area contributed by atoms with Gasteiger partial charge >= 0.3 is 0 Å². The van der Waals surface area contributed by atoms with Crippen molar-refractivity contribution < 1.29 is 28.3 Å². The number of ketones is 1. The fourth-order valence-corrected chi connectivity index (χ4v) is 4.97. The number of hydrogen-bond donors (Lipinski definition) is 3. The number of carbonyl (C=O) groups excluding carboxylic acids is 3. The summed E-state index contributed by atoms with van der Waals surface area (Å²) in [6, 6.07) is 10.9. The first kappa shape index (κ1) is 28.2. The second-order valence-electron chi connectivity index (χ2n) is 9.70. The lowest BCUT2D eigenvalue weighted by Gasteiger charge is -2.42. The van der Waals surface area contributed by atoms with Crippen molar-refractivity contribution in [3.63, 3.8) is 0 Å². The number of aliphatic hydroxyl groups is 1. The highest BCUT2D eigenvalue weighted by Crippen LogP contribution is 2.26. The summed E-state index contributed by atoms with van der Waals surface area (Å²) in [5, 5.41) is 13.7. The van der Waals surface area contributed by atoms with Gasteiger partial charge in [-0.15, -0.1) is 0 Å². The molecular weight excluding hydrogens is 508 g/mol. The second kappa shape index (κ2) is 12.4. The quantitative estimate of drug-likeness (QED) is 0.415. The van der Waals surface area contributed by atoms with E-state index in [1.807, 2.05) is 0 Å². The zero-order valence-corrected chi connectivity index (χ0v) is 21.8. The molecule has 2 aliphatic heterocycles. The Morgan fingerprint density at radius 1 is 1.00 bits per heavy atom. The van der Waals surface area contributed by atoms with Crippen molar-refractivity contribution >= 4 is 17.6 Å². The van der Waals surface area contributed by atoms with Crippen LogP contribution >= 0.6 is 0 Å². The topological polar surface area (TPSA) is 119 Å². The molecule has 0 saturated carbocycles. The number of hydrogen-bond acceptors (Lipinski definition) is 7. The van der Waals surface area contributed by atoms with Crippen LogP contribution in [0.3, 0.4) is 0 Å². The van der Waals surface area contributed by atoms with E-state index in [1.165, 1.54) is 41.3 Å². The fourth-order valence-electron chi connectivity index (χ4n) is 4.97. The Morgan fingerprint density at radius 3 is 2.23 bits per heavy atom. The number of likely N-dealkylation sites (N-methyl/N-ethyl adjacent to an activating group) is 1. The van der Waals surface area contributed by atoms with Gasteiger partial charge in [0.1, 0.15) is 23.0 Å². The maximum Gasteiger partial charge on any atom is 0.264 e. The van der Waals surface area contributed by atoms with Crippen molar-refractivity contribution in [3.05, 3.63) is 82.7 Å². The molecule has 9 nitrogen and oxygen atoms in total. The van der Waals surface area contributed by atoms with E-state index in [9.17, 15) is 28.3 Å². The van der Waals surface area contributed by atoms with E-state index in [-0.39, 0.29) is 49.3 Å². The Kier molecular flexibility index (Phi) is 8.93. The third-order valence-electron chi connectivity index (χ3n) is 7.13. The summed E-state index contributed by atoms with van der Waals surface area (Å²) in [7, 11) is 0. The van der Waals surface area contributed by atoms with Crippen molar-refractivity contribution in [3.8, 4) is 0 Å². The van der Waals surface area contributed by atoms with Crippen LogP contribution in [-0.4, -0.2) is 69.4 Å². The van der Waals surface area contributed by atoms with E-state index in [2.05, 4.69) is 5.32 Å². The smallest absolute Gasteiger partial charge is 0.264 e. The lowest BCUT2D eigenvalue weighted by molar-refractivity contribution is -0.158. The minimum Gasteiger partial charge on any atom is -0.384 e. The largest absolute Gasteiger partial charge is 0.384 e. The SMILES string of the molecule is CCN1C(=O)C(C(=O)CN2CCCC[C@@H]2C(=O)NCc2ccc(F)cc2)=C(N)N(Cc2ccc(F)cc2)C1O. The summed E-state index contributed by atoms with van der Waals surface area (Å²) in [5.41, 5.74) is 7.42. The molecule has 2 heterocycles. The van der Waals surface area contributed by atoms with Crippen molar-refractivity contribution in [1.82, 2.24) is 20.0 Å². The van der Waals surface area contributed by atoms with E-state index in [0.29, 0.717) is 18.5 Å². The lowest BCUT2D eigenvalue weighted by Crippen LogP contribution is -2.58. The predicted molar refractivity (Wildman–Crippen MR) is 139 cm³/mol. The molecule has 208 valence electrons. The average molecular weight is 542 g/mol. The molecule has 0 bridgehead atoms. The number of amides is 2. The Bertz CT molecular complexity index is 1240. The van der Waals surface area contributed by atoms with E-state index >= 15 is 0 Å². The molecule has 2 aromatic rings. The summed E-state index contributed by atoms with van der Waals surface area (Å²) in [5.74, 6) is -2.44. The van der Waals surface area contributed by atoms with Crippen molar-refractivity contribution in [2.24, 2.45) is 5.73 Å². The molecular formula is C28H33F2N5O4. The molecule has 1 fully saturated rings. The summed E-state index contributed by atoms with van der Waals surface area (Å²) < 4.78 is 26.6. The molecule has 4 rings (SSSR count). The number of likely N-dealkylation sites (tertiary alicyclic amines) is 1. The van der Waals surface area contributed by atoms with Gasteiger partial charge in [-0.25, -0.2) is 8.78 Å². The number of benzene rings is 2. The van der Waals surface area contributed by atoms with Crippen LogP contribution in [-0.2, 0) is 27.5 Å². The molecule has 2 aliphatic rings. The summed E-state index contributed by atoms with van der Waals surface area (Å²) in [6.07, 6.45) is 0.740. The average Bonchev–Trinajstić information content (AvgIpc) is 2.92. The van der Waals surface area contributed by atoms with Gasteiger partial charge in [-0.3, -0.25) is 24.2 Å². The Morgan fingerprint density at radius 2 is 1.62 bits per heavy atom. The standard InChI is InChI=1S/C28H33F2N5O4/c1-2-34-27(38)24(25(31)35(28(34)39)16-19-8-12-21(30)13-9-19)23(36)17-33-14-4-3-5-22(33)26(37)32-15-18-6-10-20(29)11-7-18/h6-13,22,28,39H,2-5,14-17,31H2,1H3,(H,32,37)/t22-,28?/m1/s1. The first-order chi connectivity index (χ1) is 18.7. The van der Waals surface area contributed by atoms with Crippen LogP contribution in [0, 0.1) is 11.6 Å². The molecule has 2 amide bonds. The van der Waals surface area contributed by atoms with E-state index in [0.717, 1.165) is 23.3 Å². The van der Waals surface area contributed by atoms with Gasteiger partial charge in [0.15, 0.2) is 5.78 Å². The van der Waals surface area contributed by atoms with Crippen LogP contribution in [0.5, 0.6) is 0 Å². The molecule has 1 unspecified atom stereocenters. The molecule has 1 saturated heterocycles. The third-order valence-corrected chi connectivity index (χ3v) is 7.13. The molecule has 2 atom stereocenters. The summed E-state index contributed by atoms with van der Waals surface area (Å²) in [4.78, 5) is 44.0. The highest BCUT2D eigenvalue weighted by molar-refractivity contribution is 6.21. The van der Waals surface area contributed by atoms with Gasteiger partial charge in [0, 0.05) is 19.6 Å². The molecule has 11 heteroatoms. The molecule has 2 aromatic carbocycles. The summed E-state index contributed by atoms with van der Waals surface area (Å²) >= 11 is 0. The number of nitrogens with one attached hydrogen (secondary N) is 1. The summed E-state index contributed by atoms with van der Waals surface area (Å²) in [6.45, 7) is 2.35. The number of piperidine rings is 1. The van der Waals surface area contributed by atoms with Crippen molar-refractivity contribution in [1.29, 1.82) is 0 Å². The molecule has 0 spiro atoms. The van der Waals surface area contributed by atoms with Gasteiger partial charge in [-0.1, -0.05) is 30.7 Å². The number of carbonyl (C=O) groups is 3. The van der Waals surface area contributed by atoms with Crippen LogP contribution < -0.4 is 11.1 Å². The van der Waals surface area contributed by atoms with Gasteiger partial charge in [0.25, 0.3) is 5.91 Å². The number of Topliss-reactive ketones (excluding diaryl/α,β-unsaturated/α-hetero) is 1. The van der Waals surface area contributed by atoms with Crippen LogP contribution in [0.25, 0.3) is 0 Å². The Hall–Kier alpha value is -3.83. The molecule has 4 N–H and O–H groups in total. The molecule has 0 aliphatic carbocycles. The van der Waals surface area contributed by atoms with Gasteiger partial charge in [0.2, 0.25) is 12.3 Å². The molecule has 39 heavy (non-hydrogen) atoms. The highest BCUT2D eigenvalue weighted by atomic mass is 19.1. The number of rotatable bonds is 9. The second-order valence-corrected chi connectivity index (χ2v) is 9.70. The number of halogens is 2. The number of aliphatic hydroxyl groups excluding tert-OH is 1. The normalized spacial score (nSPS) is 20.4. The van der Waals surface area contributed by atoms with Crippen LogP contribution in [0.4, 0.5) is 8.78 Å². The number of nitrogens with two attached hydrogens (primary N) is 1. The zero-order chi connectivity index (χ0) is 28.1. The Labute approximate surface area is 225 Å². The first-order valence-corrected chi connectivity index (χ1v) is 13.0. The lowest BCUT2D eigenvalue weighted by atomic mass is 9.99. The zero-order valence-electron chi connectivity index (χ0n) is 21.8. The fraction of sp³-hybridized carbons (Fsp3) is 0.393. The van der Waals surface area contributed by atoms with Gasteiger partial charge < -0.3 is 21.1 Å². The highest BCUT2D eigenvalue weighted by Gasteiger charge is 2.41. The van der Waals surface area contributed by atoms with Gasteiger partial charge in [-0.2, -0.15) is 0 Å². The van der Waals surface area contributed by atoms with Gasteiger partial charge in [-0.05, 0) is 61.7 Å². The van der Waals surface area contributed by atoms with Crippen molar-refractivity contribution in [2.75, 3.05) is 19.6 Å².